The summed E-state index contributed by atoms with van der Waals surface area (Å²) >= 11 is 0. The van der Waals surface area contributed by atoms with Crippen molar-refractivity contribution in [1.29, 1.82) is 0 Å². The largest absolute Gasteiger partial charge is 0.352 e. The van der Waals surface area contributed by atoms with Crippen molar-refractivity contribution in [1.82, 2.24) is 15.5 Å². The fourth-order valence-corrected chi connectivity index (χ4v) is 3.24. The van der Waals surface area contributed by atoms with E-state index in [4.69, 9.17) is 0 Å². The maximum atomic E-state index is 12.9. The second-order valence-electron chi connectivity index (χ2n) is 6.31. The van der Waals surface area contributed by atoms with Gasteiger partial charge >= 0.3 is 0 Å². The van der Waals surface area contributed by atoms with Gasteiger partial charge in [-0.15, -0.1) is 0 Å². The topological polar surface area (TPSA) is 113 Å². The van der Waals surface area contributed by atoms with E-state index < -0.39 is 29.7 Å². The van der Waals surface area contributed by atoms with E-state index in [2.05, 4.69) is 10.6 Å². The molecular weight excluding hydrogens is 338 g/mol. The van der Waals surface area contributed by atoms with Crippen LogP contribution in [0.25, 0.3) is 0 Å². The van der Waals surface area contributed by atoms with Crippen LogP contribution in [0.4, 0.5) is 0 Å². The molecule has 2 aliphatic rings. The third kappa shape index (κ3) is 3.10. The summed E-state index contributed by atoms with van der Waals surface area (Å²) in [5.41, 5.74) is 0.945. The Labute approximate surface area is 149 Å². The standard InChI is InChI=1S/C18H19N3O5/c1-2-4-13(22)19-9-10-5-3-6-11-15(10)18(26)21(17(11)25)12-7-8-14(23)20-16(12)24/h3,5-6,12H,2,4,7-9H2,1H3,(H,19,22)(H,20,23,24)/t12-/m1/s1. The molecule has 0 bridgehead atoms. The minimum atomic E-state index is -0.998. The number of piperidine rings is 1. The van der Waals surface area contributed by atoms with Gasteiger partial charge in [-0.3, -0.25) is 34.2 Å². The molecule has 0 spiro atoms. The molecule has 2 heterocycles. The minimum Gasteiger partial charge on any atom is -0.352 e. The smallest absolute Gasteiger partial charge is 0.262 e. The third-order valence-electron chi connectivity index (χ3n) is 4.51. The van der Waals surface area contributed by atoms with E-state index in [1.54, 1.807) is 12.1 Å². The Morgan fingerprint density at radius 2 is 2.00 bits per heavy atom. The maximum absolute atomic E-state index is 12.9. The van der Waals surface area contributed by atoms with Crippen LogP contribution in [-0.2, 0) is 20.9 Å². The van der Waals surface area contributed by atoms with E-state index >= 15 is 0 Å². The lowest BCUT2D eigenvalue weighted by Gasteiger charge is -2.27. The lowest BCUT2D eigenvalue weighted by Crippen LogP contribution is -2.54. The highest BCUT2D eigenvalue weighted by Crippen LogP contribution is 2.29. The van der Waals surface area contributed by atoms with Gasteiger partial charge in [0.2, 0.25) is 17.7 Å². The molecule has 1 aromatic rings. The number of amides is 5. The zero-order valence-corrected chi connectivity index (χ0v) is 14.3. The Balaban J connectivity index is 1.86. The molecule has 3 rings (SSSR count). The van der Waals surface area contributed by atoms with E-state index in [-0.39, 0.29) is 36.4 Å². The summed E-state index contributed by atoms with van der Waals surface area (Å²) in [5.74, 6) is -2.32. The molecular formula is C18H19N3O5. The normalized spacial score (nSPS) is 19.4. The maximum Gasteiger partial charge on any atom is 0.262 e. The second kappa shape index (κ2) is 7.07. The molecule has 5 amide bonds. The van der Waals surface area contributed by atoms with Crippen molar-refractivity contribution in [2.24, 2.45) is 0 Å². The predicted octanol–water partition coefficient (Wildman–Crippen LogP) is 0.504. The van der Waals surface area contributed by atoms with E-state index in [1.807, 2.05) is 6.92 Å². The number of hydrogen-bond donors (Lipinski definition) is 2. The molecule has 1 aromatic carbocycles. The van der Waals surface area contributed by atoms with E-state index in [0.717, 1.165) is 4.90 Å². The number of hydrogen-bond acceptors (Lipinski definition) is 5. The molecule has 136 valence electrons. The van der Waals surface area contributed by atoms with Crippen LogP contribution in [0.5, 0.6) is 0 Å². The lowest BCUT2D eigenvalue weighted by molar-refractivity contribution is -0.136. The SMILES string of the molecule is CCCC(=O)NCc1cccc2c1C(=O)N([C@@H]1CCC(=O)NC1=O)C2=O. The number of carbonyl (C=O) groups excluding carboxylic acids is 5. The number of imide groups is 2. The first-order chi connectivity index (χ1) is 12.4. The summed E-state index contributed by atoms with van der Waals surface area (Å²) in [4.78, 5) is 61.5. The van der Waals surface area contributed by atoms with Crippen molar-refractivity contribution in [2.75, 3.05) is 0 Å². The van der Waals surface area contributed by atoms with Gasteiger partial charge in [0, 0.05) is 19.4 Å². The summed E-state index contributed by atoms with van der Waals surface area (Å²) in [6.07, 6.45) is 1.27. The lowest BCUT2D eigenvalue weighted by atomic mass is 10.0. The molecule has 0 unspecified atom stereocenters. The van der Waals surface area contributed by atoms with Crippen LogP contribution in [-0.4, -0.2) is 40.5 Å². The van der Waals surface area contributed by atoms with Crippen molar-refractivity contribution in [2.45, 2.75) is 45.2 Å². The number of benzene rings is 1. The molecule has 1 atom stereocenters. The van der Waals surface area contributed by atoms with E-state index in [9.17, 15) is 24.0 Å². The summed E-state index contributed by atoms with van der Waals surface area (Å²) in [6, 6.07) is 3.84. The van der Waals surface area contributed by atoms with Gasteiger partial charge in [-0.05, 0) is 24.5 Å². The molecule has 0 saturated carbocycles. The second-order valence-corrected chi connectivity index (χ2v) is 6.31. The van der Waals surface area contributed by atoms with Crippen molar-refractivity contribution in [3.8, 4) is 0 Å². The Morgan fingerprint density at radius 1 is 1.23 bits per heavy atom. The summed E-state index contributed by atoms with van der Waals surface area (Å²) in [6.45, 7) is 2.02. The number of nitrogens with zero attached hydrogens (tertiary/aromatic N) is 1. The number of fused-ring (bicyclic) bond motifs is 1. The highest BCUT2D eigenvalue weighted by Gasteiger charge is 2.45. The zero-order valence-electron chi connectivity index (χ0n) is 14.3. The van der Waals surface area contributed by atoms with Gasteiger partial charge < -0.3 is 5.32 Å². The highest BCUT2D eigenvalue weighted by molar-refractivity contribution is 6.24. The summed E-state index contributed by atoms with van der Waals surface area (Å²) < 4.78 is 0. The van der Waals surface area contributed by atoms with Gasteiger partial charge in [0.05, 0.1) is 11.1 Å². The van der Waals surface area contributed by atoms with Crippen molar-refractivity contribution in [3.63, 3.8) is 0 Å². The Morgan fingerprint density at radius 3 is 2.69 bits per heavy atom. The molecule has 2 N–H and O–H groups in total. The first kappa shape index (κ1) is 17.8. The highest BCUT2D eigenvalue weighted by atomic mass is 16.2. The van der Waals surface area contributed by atoms with E-state index in [1.165, 1.54) is 6.07 Å². The molecule has 1 saturated heterocycles. The van der Waals surface area contributed by atoms with Gasteiger partial charge in [0.15, 0.2) is 0 Å². The Bertz CT molecular complexity index is 817. The summed E-state index contributed by atoms with van der Waals surface area (Å²) in [7, 11) is 0. The van der Waals surface area contributed by atoms with E-state index in [0.29, 0.717) is 18.4 Å². The van der Waals surface area contributed by atoms with Crippen molar-refractivity contribution >= 4 is 29.5 Å². The van der Waals surface area contributed by atoms with Gasteiger partial charge in [-0.1, -0.05) is 19.1 Å². The van der Waals surface area contributed by atoms with Crippen LogP contribution >= 0.6 is 0 Å². The van der Waals surface area contributed by atoms with Crippen LogP contribution in [0.15, 0.2) is 18.2 Å². The van der Waals surface area contributed by atoms with Gasteiger partial charge in [0.25, 0.3) is 11.8 Å². The molecule has 0 aliphatic carbocycles. The van der Waals surface area contributed by atoms with Gasteiger partial charge in [0.1, 0.15) is 6.04 Å². The Hall–Kier alpha value is -3.03. The minimum absolute atomic E-state index is 0.0732. The predicted molar refractivity (Wildman–Crippen MR) is 89.9 cm³/mol. The van der Waals surface area contributed by atoms with Crippen molar-refractivity contribution in [3.05, 3.63) is 34.9 Å². The van der Waals surface area contributed by atoms with Crippen LogP contribution in [0.1, 0.15) is 58.9 Å². The first-order valence-electron chi connectivity index (χ1n) is 8.54. The number of rotatable bonds is 5. The fraction of sp³-hybridized carbons (Fsp3) is 0.389. The third-order valence-corrected chi connectivity index (χ3v) is 4.51. The van der Waals surface area contributed by atoms with Crippen LogP contribution in [0.3, 0.4) is 0 Å². The van der Waals surface area contributed by atoms with Crippen LogP contribution in [0, 0.1) is 0 Å². The number of nitrogens with one attached hydrogen (secondary N) is 2. The Kier molecular flexibility index (Phi) is 4.83. The first-order valence-corrected chi connectivity index (χ1v) is 8.54. The van der Waals surface area contributed by atoms with Crippen LogP contribution in [0.2, 0.25) is 0 Å². The monoisotopic (exact) mass is 357 g/mol. The van der Waals surface area contributed by atoms with Gasteiger partial charge in [-0.2, -0.15) is 0 Å². The fourth-order valence-electron chi connectivity index (χ4n) is 3.24. The zero-order chi connectivity index (χ0) is 18.8. The molecule has 1 fully saturated rings. The van der Waals surface area contributed by atoms with Gasteiger partial charge in [-0.25, -0.2) is 0 Å². The molecule has 0 aromatic heterocycles. The molecule has 8 nitrogen and oxygen atoms in total. The average molecular weight is 357 g/mol. The molecule has 8 heteroatoms. The van der Waals surface area contributed by atoms with Crippen molar-refractivity contribution < 1.29 is 24.0 Å². The molecule has 0 radical (unpaired) electrons. The number of carbonyl (C=O) groups is 5. The summed E-state index contributed by atoms with van der Waals surface area (Å²) in [5, 5.41) is 4.89. The average Bonchev–Trinajstić information content (AvgIpc) is 2.85. The molecule has 26 heavy (non-hydrogen) atoms. The molecule has 2 aliphatic heterocycles. The van der Waals surface area contributed by atoms with Crippen LogP contribution < -0.4 is 10.6 Å². The quantitative estimate of drug-likeness (QED) is 0.746.